The van der Waals surface area contributed by atoms with Gasteiger partial charge in [-0.2, -0.15) is 0 Å². The molecule has 1 aliphatic rings. The van der Waals surface area contributed by atoms with E-state index in [0.717, 1.165) is 50.4 Å². The number of nitrogens with zero attached hydrogens (tertiary/aromatic N) is 5. The van der Waals surface area contributed by atoms with Gasteiger partial charge in [0.15, 0.2) is 0 Å². The van der Waals surface area contributed by atoms with Crippen molar-refractivity contribution in [1.29, 1.82) is 0 Å². The molecule has 5 rings (SSSR count). The molecule has 1 N–H and O–H groups in total. The molecule has 4 aromatic heterocycles. The second-order valence-electron chi connectivity index (χ2n) is 5.93. The minimum Gasteiger partial charge on any atom is -0.338 e. The number of hydrogen-bond acceptors (Lipinski definition) is 6. The van der Waals surface area contributed by atoms with E-state index in [0.29, 0.717) is 0 Å². The predicted octanol–water partition coefficient (Wildman–Crippen LogP) is 4.13. The molecule has 0 atom stereocenters. The lowest BCUT2D eigenvalue weighted by atomic mass is 10.0. The van der Waals surface area contributed by atoms with Gasteiger partial charge in [0.05, 0.1) is 29.3 Å². The predicted molar refractivity (Wildman–Crippen MR) is 98.5 cm³/mol. The molecular weight excluding hydrogens is 332 g/mol. The van der Waals surface area contributed by atoms with Crippen molar-refractivity contribution in [3.8, 4) is 27.5 Å². The molecule has 7 heteroatoms. The Labute approximate surface area is 148 Å². The highest BCUT2D eigenvalue weighted by atomic mass is 32.1. The van der Waals surface area contributed by atoms with Gasteiger partial charge in [-0.15, -0.1) is 11.3 Å². The number of aromatic nitrogens is 5. The Kier molecular flexibility index (Phi) is 2.98. The minimum atomic E-state index is 0.795. The second-order valence-corrected chi connectivity index (χ2v) is 6.80. The molecule has 6 nitrogen and oxygen atoms in total. The van der Waals surface area contributed by atoms with Crippen LogP contribution in [0.2, 0.25) is 0 Å². The number of fused-ring (bicyclic) bond motifs is 5. The zero-order valence-corrected chi connectivity index (χ0v) is 14.5. The Hall–Kier alpha value is -3.06. The Morgan fingerprint density at radius 2 is 2.04 bits per heavy atom. The number of nitrogens with one attached hydrogen (secondary N) is 1. The molecule has 0 saturated heterocycles. The summed E-state index contributed by atoms with van der Waals surface area (Å²) in [4.78, 5) is 18.0. The van der Waals surface area contributed by atoms with Crippen molar-refractivity contribution in [3.63, 3.8) is 0 Å². The van der Waals surface area contributed by atoms with Crippen LogP contribution in [0.3, 0.4) is 0 Å². The van der Waals surface area contributed by atoms with Crippen LogP contribution in [-0.4, -0.2) is 24.5 Å². The van der Waals surface area contributed by atoms with E-state index >= 15 is 0 Å². The zero-order valence-electron chi connectivity index (χ0n) is 13.7. The van der Waals surface area contributed by atoms with Crippen molar-refractivity contribution in [2.24, 2.45) is 0 Å². The van der Waals surface area contributed by atoms with Crippen molar-refractivity contribution < 1.29 is 0 Å². The van der Waals surface area contributed by atoms with E-state index in [2.05, 4.69) is 31.8 Å². The lowest BCUT2D eigenvalue weighted by Crippen LogP contribution is -2.01. The number of rotatable bonds is 1. The number of thiazole rings is 1. The van der Waals surface area contributed by atoms with Gasteiger partial charge in [0, 0.05) is 23.5 Å². The van der Waals surface area contributed by atoms with Gasteiger partial charge in [0.2, 0.25) is 0 Å². The molecule has 0 bridgehead atoms. The number of aryl methyl sites for hydroxylation is 2. The van der Waals surface area contributed by atoms with Crippen molar-refractivity contribution in [2.75, 3.05) is 5.32 Å². The number of imidazole rings is 1. The topological polar surface area (TPSA) is 68.5 Å². The van der Waals surface area contributed by atoms with E-state index in [1.54, 1.807) is 17.5 Å². The van der Waals surface area contributed by atoms with Crippen LogP contribution >= 0.6 is 11.3 Å². The summed E-state index contributed by atoms with van der Waals surface area (Å²) in [5.41, 5.74) is 7.92. The number of hydrogen-bond donors (Lipinski definition) is 1. The summed E-state index contributed by atoms with van der Waals surface area (Å²) >= 11 is 1.60. The van der Waals surface area contributed by atoms with Crippen LogP contribution in [0.4, 0.5) is 11.5 Å². The third-order valence-electron chi connectivity index (χ3n) is 4.37. The first kappa shape index (κ1) is 14.3. The molecule has 4 aromatic rings. The van der Waals surface area contributed by atoms with Crippen LogP contribution in [0.1, 0.15) is 11.4 Å². The molecule has 0 fully saturated rings. The first-order chi connectivity index (χ1) is 12.2. The molecule has 0 aliphatic carbocycles. The SMILES string of the molecule is Cc1cncc2c1-c1c(nc(C)n1-c1cncs1)-c1cccnc1N2. The van der Waals surface area contributed by atoms with Crippen LogP contribution in [0.5, 0.6) is 0 Å². The zero-order chi connectivity index (χ0) is 17.0. The smallest absolute Gasteiger partial charge is 0.139 e. The van der Waals surface area contributed by atoms with Crippen LogP contribution in [0, 0.1) is 13.8 Å². The molecule has 25 heavy (non-hydrogen) atoms. The summed E-state index contributed by atoms with van der Waals surface area (Å²) < 4.78 is 2.17. The maximum absolute atomic E-state index is 4.89. The Balaban J connectivity index is 1.96. The number of pyridine rings is 2. The third-order valence-corrected chi connectivity index (χ3v) is 5.13. The van der Waals surface area contributed by atoms with Crippen LogP contribution in [0.15, 0.2) is 42.4 Å². The lowest BCUT2D eigenvalue weighted by molar-refractivity contribution is 0.992. The van der Waals surface area contributed by atoms with Gasteiger partial charge in [-0.3, -0.25) is 14.5 Å². The first-order valence-electron chi connectivity index (χ1n) is 7.89. The van der Waals surface area contributed by atoms with E-state index in [-0.39, 0.29) is 0 Å². The number of anilines is 2. The average Bonchev–Trinajstić information content (AvgIpc) is 3.20. The quantitative estimate of drug-likeness (QED) is 0.494. The second kappa shape index (κ2) is 5.22. The van der Waals surface area contributed by atoms with Crippen molar-refractivity contribution in [2.45, 2.75) is 13.8 Å². The summed E-state index contributed by atoms with van der Waals surface area (Å²) in [6.45, 7) is 4.09. The van der Waals surface area contributed by atoms with Crippen LogP contribution in [-0.2, 0) is 0 Å². The van der Waals surface area contributed by atoms with Gasteiger partial charge >= 0.3 is 0 Å². The summed E-state index contributed by atoms with van der Waals surface area (Å²) in [5.74, 6) is 1.72. The summed E-state index contributed by atoms with van der Waals surface area (Å²) in [5, 5.41) is 4.47. The standard InChI is InChI=1S/C18H14N6S/c1-10-6-19-7-13-15(10)17-16(12-4-3-5-21-18(12)23-13)22-11(2)24(17)14-8-20-9-25-14/h3-9H,1-2H3,(H,21,23). The van der Waals surface area contributed by atoms with Crippen molar-refractivity contribution in [1.82, 2.24) is 24.5 Å². The molecule has 0 unspecified atom stereocenters. The molecule has 0 amide bonds. The van der Waals surface area contributed by atoms with Crippen LogP contribution < -0.4 is 5.32 Å². The fourth-order valence-corrected chi connectivity index (χ4v) is 4.02. The molecule has 0 radical (unpaired) electrons. The molecule has 5 heterocycles. The maximum Gasteiger partial charge on any atom is 0.139 e. The largest absolute Gasteiger partial charge is 0.338 e. The average molecular weight is 346 g/mol. The first-order valence-corrected chi connectivity index (χ1v) is 8.77. The summed E-state index contributed by atoms with van der Waals surface area (Å²) in [6, 6.07) is 3.98. The summed E-state index contributed by atoms with van der Waals surface area (Å²) in [6.07, 6.45) is 7.38. The summed E-state index contributed by atoms with van der Waals surface area (Å²) in [7, 11) is 0. The molecule has 122 valence electrons. The van der Waals surface area contributed by atoms with Gasteiger partial charge in [0.1, 0.15) is 22.3 Å². The van der Waals surface area contributed by atoms with E-state index in [4.69, 9.17) is 4.98 Å². The normalized spacial score (nSPS) is 11.9. The fourth-order valence-electron chi connectivity index (χ4n) is 3.34. The maximum atomic E-state index is 4.89. The monoisotopic (exact) mass is 346 g/mol. The highest BCUT2D eigenvalue weighted by Gasteiger charge is 2.28. The van der Waals surface area contributed by atoms with Gasteiger partial charge < -0.3 is 5.32 Å². The molecule has 0 saturated carbocycles. The van der Waals surface area contributed by atoms with E-state index in [1.807, 2.05) is 43.2 Å². The highest BCUT2D eigenvalue weighted by molar-refractivity contribution is 7.12. The Bertz CT molecular complexity index is 1100. The Morgan fingerprint density at radius 3 is 2.88 bits per heavy atom. The van der Waals surface area contributed by atoms with Crippen molar-refractivity contribution >= 4 is 22.8 Å². The molecule has 0 aromatic carbocycles. The Morgan fingerprint density at radius 1 is 1.12 bits per heavy atom. The van der Waals surface area contributed by atoms with Gasteiger partial charge in [-0.25, -0.2) is 9.97 Å². The van der Waals surface area contributed by atoms with E-state index in [1.165, 1.54) is 0 Å². The van der Waals surface area contributed by atoms with Gasteiger partial charge in [0.25, 0.3) is 0 Å². The van der Waals surface area contributed by atoms with E-state index in [9.17, 15) is 0 Å². The van der Waals surface area contributed by atoms with Crippen molar-refractivity contribution in [3.05, 3.63) is 53.8 Å². The van der Waals surface area contributed by atoms with Gasteiger partial charge in [-0.1, -0.05) is 0 Å². The van der Waals surface area contributed by atoms with Crippen LogP contribution in [0.25, 0.3) is 27.5 Å². The minimum absolute atomic E-state index is 0.795. The molecule has 0 spiro atoms. The van der Waals surface area contributed by atoms with Gasteiger partial charge in [-0.05, 0) is 31.5 Å². The fraction of sp³-hybridized carbons (Fsp3) is 0.111. The lowest BCUT2D eigenvalue weighted by Gasteiger charge is -2.13. The molecule has 1 aliphatic heterocycles. The third kappa shape index (κ3) is 2.02. The highest BCUT2D eigenvalue weighted by Crippen LogP contribution is 2.45. The van der Waals surface area contributed by atoms with E-state index < -0.39 is 0 Å². The molecular formula is C18H14N6S.